The molecule has 1 amide bonds. The van der Waals surface area contributed by atoms with Gasteiger partial charge in [0.15, 0.2) is 17.2 Å². The van der Waals surface area contributed by atoms with Crippen LogP contribution in [0.5, 0.6) is 11.5 Å². The Kier molecular flexibility index (Phi) is 4.60. The van der Waals surface area contributed by atoms with Crippen molar-refractivity contribution < 1.29 is 23.9 Å². The molecule has 2 aromatic rings. The first-order valence-corrected chi connectivity index (χ1v) is 10.2. The second kappa shape index (κ2) is 7.21. The average molecular weight is 425 g/mol. The Morgan fingerprint density at radius 1 is 1.13 bits per heavy atom. The molecule has 0 spiro atoms. The molecule has 5 rings (SSSR count). The van der Waals surface area contributed by atoms with Crippen molar-refractivity contribution in [1.29, 1.82) is 0 Å². The number of hydrogen-bond donors (Lipinski definition) is 0. The summed E-state index contributed by atoms with van der Waals surface area (Å²) in [5, 5.41) is 14.9. The Bertz CT molecular complexity index is 1040. The van der Waals surface area contributed by atoms with E-state index in [1.807, 2.05) is 23.2 Å². The highest BCUT2D eigenvalue weighted by Gasteiger charge is 2.63. The number of carbonyl (C=O) groups is 1. The summed E-state index contributed by atoms with van der Waals surface area (Å²) in [6.45, 7) is 1.36. The van der Waals surface area contributed by atoms with E-state index in [0.717, 1.165) is 11.1 Å². The second-order valence-electron chi connectivity index (χ2n) is 8.02. The molecule has 3 heterocycles. The van der Waals surface area contributed by atoms with E-state index < -0.39 is 10.6 Å². The molecule has 3 saturated heterocycles. The van der Waals surface area contributed by atoms with E-state index in [2.05, 4.69) is 0 Å². The summed E-state index contributed by atoms with van der Waals surface area (Å²) >= 11 is 0. The van der Waals surface area contributed by atoms with Crippen LogP contribution in [0.3, 0.4) is 0 Å². The Balaban J connectivity index is 1.56. The van der Waals surface area contributed by atoms with Crippen LogP contribution in [0.15, 0.2) is 42.5 Å². The molecule has 3 atom stereocenters. The van der Waals surface area contributed by atoms with Gasteiger partial charge in [-0.05, 0) is 36.2 Å². The maximum absolute atomic E-state index is 12.8. The number of carbonyl (C=O) groups excluding carboxylic acids is 1. The third-order valence-electron chi connectivity index (χ3n) is 6.49. The fourth-order valence-electron chi connectivity index (χ4n) is 5.12. The molecule has 31 heavy (non-hydrogen) atoms. The molecule has 3 aliphatic rings. The lowest BCUT2D eigenvalue weighted by molar-refractivity contribution is -0.384. The summed E-state index contributed by atoms with van der Waals surface area (Å²) in [4.78, 5) is 23.5. The zero-order chi connectivity index (χ0) is 21.8. The minimum Gasteiger partial charge on any atom is -0.493 e. The molecule has 2 aromatic carbocycles. The van der Waals surface area contributed by atoms with Gasteiger partial charge in [-0.1, -0.05) is 6.07 Å². The highest BCUT2D eigenvalue weighted by Crippen LogP contribution is 2.57. The van der Waals surface area contributed by atoms with Crippen LogP contribution in [0.4, 0.5) is 5.69 Å². The highest BCUT2D eigenvalue weighted by molar-refractivity contribution is 5.79. The van der Waals surface area contributed by atoms with Gasteiger partial charge in [0.1, 0.15) is 0 Å². The molecule has 162 valence electrons. The van der Waals surface area contributed by atoms with Crippen molar-refractivity contribution in [3.05, 3.63) is 63.7 Å². The lowest BCUT2D eigenvalue weighted by Crippen LogP contribution is -2.48. The molecule has 9 nitrogen and oxygen atoms in total. The van der Waals surface area contributed by atoms with Gasteiger partial charge >= 0.3 is 0 Å². The molecule has 0 aromatic heterocycles. The molecular weight excluding hydrogens is 402 g/mol. The van der Waals surface area contributed by atoms with Gasteiger partial charge in [0.2, 0.25) is 5.91 Å². The van der Waals surface area contributed by atoms with Gasteiger partial charge in [0.25, 0.3) is 5.69 Å². The number of amides is 1. The van der Waals surface area contributed by atoms with Gasteiger partial charge in [-0.15, -0.1) is 0 Å². The number of ether oxygens (including phenoxy) is 3. The van der Waals surface area contributed by atoms with Crippen molar-refractivity contribution in [2.24, 2.45) is 5.92 Å². The smallest absolute Gasteiger partial charge is 0.269 e. The van der Waals surface area contributed by atoms with Gasteiger partial charge in [-0.3, -0.25) is 14.9 Å². The van der Waals surface area contributed by atoms with Gasteiger partial charge in [0, 0.05) is 43.1 Å². The van der Waals surface area contributed by atoms with Crippen molar-refractivity contribution >= 4 is 11.6 Å². The number of hydrazine groups is 1. The topological polar surface area (TPSA) is 94.4 Å². The van der Waals surface area contributed by atoms with Crippen LogP contribution in [0.2, 0.25) is 0 Å². The SMILES string of the molecule is COc1ccc([C@@H]2C[C@H]3CN4CCC(=O)N4[C@]3(c3ccc([N+](=O)[O-])cc3)O2)cc1OC. The van der Waals surface area contributed by atoms with E-state index in [-0.39, 0.29) is 23.6 Å². The number of rotatable bonds is 5. The lowest BCUT2D eigenvalue weighted by Gasteiger charge is -2.38. The summed E-state index contributed by atoms with van der Waals surface area (Å²) < 4.78 is 17.5. The fraction of sp³-hybridized carbons (Fsp3) is 0.409. The maximum atomic E-state index is 12.8. The third-order valence-corrected chi connectivity index (χ3v) is 6.49. The molecule has 0 bridgehead atoms. The molecule has 0 saturated carbocycles. The fourth-order valence-corrected chi connectivity index (χ4v) is 5.12. The van der Waals surface area contributed by atoms with Crippen molar-refractivity contribution in [3.8, 4) is 11.5 Å². The van der Waals surface area contributed by atoms with E-state index in [9.17, 15) is 14.9 Å². The normalized spacial score (nSPS) is 27.3. The molecule has 9 heteroatoms. The van der Waals surface area contributed by atoms with E-state index >= 15 is 0 Å². The molecule has 0 aliphatic carbocycles. The van der Waals surface area contributed by atoms with Crippen LogP contribution >= 0.6 is 0 Å². The lowest BCUT2D eigenvalue weighted by atomic mass is 9.87. The summed E-state index contributed by atoms with van der Waals surface area (Å²) in [7, 11) is 3.18. The van der Waals surface area contributed by atoms with Gasteiger partial charge in [-0.2, -0.15) is 0 Å². The molecule has 0 N–H and O–H groups in total. The van der Waals surface area contributed by atoms with Gasteiger partial charge in [0.05, 0.1) is 25.2 Å². The monoisotopic (exact) mass is 425 g/mol. The minimum absolute atomic E-state index is 0.00809. The van der Waals surface area contributed by atoms with E-state index in [1.165, 1.54) is 12.1 Å². The summed E-state index contributed by atoms with van der Waals surface area (Å²) in [6, 6.07) is 12.0. The van der Waals surface area contributed by atoms with Crippen LogP contribution in [0.25, 0.3) is 0 Å². The summed E-state index contributed by atoms with van der Waals surface area (Å²) in [5.74, 6) is 1.30. The van der Waals surface area contributed by atoms with Crippen molar-refractivity contribution in [2.75, 3.05) is 27.3 Å². The van der Waals surface area contributed by atoms with Crippen molar-refractivity contribution in [1.82, 2.24) is 10.0 Å². The second-order valence-corrected chi connectivity index (χ2v) is 8.02. The van der Waals surface area contributed by atoms with Gasteiger partial charge < -0.3 is 14.2 Å². The van der Waals surface area contributed by atoms with Crippen LogP contribution in [-0.4, -0.2) is 48.2 Å². The van der Waals surface area contributed by atoms with Crippen LogP contribution < -0.4 is 9.47 Å². The average Bonchev–Trinajstić information content (AvgIpc) is 3.42. The zero-order valence-electron chi connectivity index (χ0n) is 17.3. The molecule has 0 radical (unpaired) electrons. The summed E-state index contributed by atoms with van der Waals surface area (Å²) in [6.07, 6.45) is 0.897. The van der Waals surface area contributed by atoms with Gasteiger partial charge in [-0.25, -0.2) is 10.0 Å². The number of nitro groups is 1. The molecule has 3 aliphatic heterocycles. The highest BCUT2D eigenvalue weighted by atomic mass is 16.6. The Morgan fingerprint density at radius 3 is 2.55 bits per heavy atom. The standard InChI is InChI=1S/C22H23N3O6/c1-29-18-8-3-14(11-20(18)30-2)19-12-16-13-23-10-9-21(26)24(23)22(16,31-19)15-4-6-17(7-5-15)25(27)28/h3-8,11,16,19H,9-10,12-13H2,1-2H3/t16-,19-,22+/m0/s1. The number of hydrogen-bond acceptors (Lipinski definition) is 7. The van der Waals surface area contributed by atoms with E-state index in [0.29, 0.717) is 37.4 Å². The number of non-ortho nitro benzene ring substituents is 1. The molecule has 3 fully saturated rings. The predicted molar refractivity (Wildman–Crippen MR) is 109 cm³/mol. The Hall–Kier alpha value is -3.17. The maximum Gasteiger partial charge on any atom is 0.269 e. The largest absolute Gasteiger partial charge is 0.493 e. The number of benzene rings is 2. The van der Waals surface area contributed by atoms with Crippen molar-refractivity contribution in [2.45, 2.75) is 24.7 Å². The summed E-state index contributed by atoms with van der Waals surface area (Å²) in [5.41, 5.74) is 0.727. The molecular formula is C22H23N3O6. The zero-order valence-corrected chi connectivity index (χ0v) is 17.3. The Labute approximate surface area is 179 Å². The third kappa shape index (κ3) is 2.88. The number of nitro benzene ring substituents is 1. The minimum atomic E-state index is -0.972. The van der Waals surface area contributed by atoms with E-state index in [4.69, 9.17) is 14.2 Å². The quantitative estimate of drug-likeness (QED) is 0.537. The van der Waals surface area contributed by atoms with Crippen LogP contribution in [0, 0.1) is 16.0 Å². The predicted octanol–water partition coefficient (Wildman–Crippen LogP) is 3.01. The van der Waals surface area contributed by atoms with E-state index in [1.54, 1.807) is 31.4 Å². The number of methoxy groups -OCH3 is 2. The first kappa shape index (κ1) is 19.8. The number of nitrogens with zero attached hydrogens (tertiary/aromatic N) is 3. The number of fused-ring (bicyclic) bond motifs is 3. The molecule has 0 unspecified atom stereocenters. The van der Waals surface area contributed by atoms with Crippen LogP contribution in [0.1, 0.15) is 30.1 Å². The first-order valence-electron chi connectivity index (χ1n) is 10.2. The van der Waals surface area contributed by atoms with Crippen molar-refractivity contribution in [3.63, 3.8) is 0 Å². The van der Waals surface area contributed by atoms with Crippen LogP contribution in [-0.2, 0) is 15.3 Å². The Morgan fingerprint density at radius 2 is 1.87 bits per heavy atom. The first-order chi connectivity index (χ1) is 15.0.